The van der Waals surface area contributed by atoms with Gasteiger partial charge in [-0.25, -0.2) is 4.57 Å². The molecule has 1 aromatic rings. The molecule has 1 aliphatic heterocycles. The highest BCUT2D eigenvalue weighted by Gasteiger charge is 2.24. The smallest absolute Gasteiger partial charge is 0.454 e. The third-order valence-electron chi connectivity index (χ3n) is 3.75. The van der Waals surface area contributed by atoms with Gasteiger partial charge in [0.2, 0.25) is 12.7 Å². The number of ether oxygens (including phenoxy) is 2. The van der Waals surface area contributed by atoms with Gasteiger partial charge in [0.05, 0.1) is 6.61 Å². The summed E-state index contributed by atoms with van der Waals surface area (Å²) in [6, 6.07) is 4.52. The predicted molar refractivity (Wildman–Crippen MR) is 95.4 cm³/mol. The van der Waals surface area contributed by atoms with E-state index in [0.29, 0.717) is 17.9 Å². The van der Waals surface area contributed by atoms with Crippen molar-refractivity contribution in [3.63, 3.8) is 0 Å². The number of hydrogen-bond acceptors (Lipinski definition) is 6. The zero-order valence-corrected chi connectivity index (χ0v) is 15.8. The second-order valence-corrected chi connectivity index (χ2v) is 7.30. The van der Waals surface area contributed by atoms with Gasteiger partial charge in [-0.2, -0.15) is 0 Å². The van der Waals surface area contributed by atoms with E-state index in [1.54, 1.807) is 6.07 Å². The standard InChI is InChI=1S/C17H26NO7P/c1-2-3-4-5-6-7-17(19)18-10-11-24-26(20,21)25-14-8-9-15-16(12-14)23-13-22-15/h8-9,12H,2-7,10-11,13H2,1H3,(H,18,19)(H,20,21). The summed E-state index contributed by atoms with van der Waals surface area (Å²) in [6.07, 6.45) is 5.82. The maximum Gasteiger partial charge on any atom is 0.527 e. The van der Waals surface area contributed by atoms with Gasteiger partial charge >= 0.3 is 7.82 Å². The van der Waals surface area contributed by atoms with Crippen molar-refractivity contribution in [3.05, 3.63) is 18.2 Å². The summed E-state index contributed by atoms with van der Waals surface area (Å²) in [4.78, 5) is 21.4. The molecular weight excluding hydrogens is 361 g/mol. The van der Waals surface area contributed by atoms with Crippen LogP contribution in [0.3, 0.4) is 0 Å². The number of hydrogen-bond donors (Lipinski definition) is 2. The normalized spacial score (nSPS) is 14.7. The van der Waals surface area contributed by atoms with Crippen molar-refractivity contribution in [3.8, 4) is 17.2 Å². The van der Waals surface area contributed by atoms with Crippen LogP contribution in [0.5, 0.6) is 17.2 Å². The minimum Gasteiger partial charge on any atom is -0.454 e. The average molecular weight is 387 g/mol. The van der Waals surface area contributed by atoms with Crippen molar-refractivity contribution in [1.82, 2.24) is 5.32 Å². The third kappa shape index (κ3) is 7.23. The molecule has 26 heavy (non-hydrogen) atoms. The lowest BCUT2D eigenvalue weighted by atomic mass is 10.1. The van der Waals surface area contributed by atoms with E-state index in [9.17, 15) is 14.3 Å². The zero-order chi connectivity index (χ0) is 18.8. The fourth-order valence-electron chi connectivity index (χ4n) is 2.42. The number of benzene rings is 1. The summed E-state index contributed by atoms with van der Waals surface area (Å²) >= 11 is 0. The number of amides is 1. The number of phosphoric acid groups is 1. The van der Waals surface area contributed by atoms with Crippen molar-refractivity contribution in [2.45, 2.75) is 45.4 Å². The zero-order valence-electron chi connectivity index (χ0n) is 14.9. The summed E-state index contributed by atoms with van der Waals surface area (Å²) in [5, 5.41) is 2.66. The van der Waals surface area contributed by atoms with E-state index in [4.69, 9.17) is 18.5 Å². The van der Waals surface area contributed by atoms with Crippen LogP contribution in [-0.4, -0.2) is 30.7 Å². The van der Waals surface area contributed by atoms with Crippen LogP contribution in [-0.2, 0) is 13.9 Å². The summed E-state index contributed by atoms with van der Waals surface area (Å²) in [5.41, 5.74) is 0. The SMILES string of the molecule is CCCCCCCC(=O)NCCOP(=O)(O)Oc1ccc2c(c1)OCO2. The predicted octanol–water partition coefficient (Wildman–Crippen LogP) is 3.39. The van der Waals surface area contributed by atoms with Gasteiger partial charge in [0.25, 0.3) is 0 Å². The van der Waals surface area contributed by atoms with Crippen LogP contribution < -0.4 is 19.3 Å². The first kappa shape index (κ1) is 20.6. The molecule has 0 bridgehead atoms. The van der Waals surface area contributed by atoms with Crippen molar-refractivity contribution in [1.29, 1.82) is 0 Å². The van der Waals surface area contributed by atoms with Gasteiger partial charge in [-0.3, -0.25) is 14.2 Å². The first-order valence-corrected chi connectivity index (χ1v) is 10.3. The fourth-order valence-corrected chi connectivity index (χ4v) is 3.18. The van der Waals surface area contributed by atoms with E-state index in [-0.39, 0.29) is 31.6 Å². The molecule has 2 N–H and O–H groups in total. The Morgan fingerprint density at radius 3 is 2.81 bits per heavy atom. The van der Waals surface area contributed by atoms with E-state index in [2.05, 4.69) is 12.2 Å². The van der Waals surface area contributed by atoms with E-state index in [1.807, 2.05) is 0 Å². The summed E-state index contributed by atoms with van der Waals surface area (Å²) < 4.78 is 32.1. The van der Waals surface area contributed by atoms with E-state index < -0.39 is 7.82 Å². The van der Waals surface area contributed by atoms with Crippen molar-refractivity contribution in [2.24, 2.45) is 0 Å². The highest BCUT2D eigenvalue weighted by molar-refractivity contribution is 7.47. The Morgan fingerprint density at radius 1 is 1.23 bits per heavy atom. The molecule has 0 saturated heterocycles. The lowest BCUT2D eigenvalue weighted by molar-refractivity contribution is -0.121. The monoisotopic (exact) mass is 387 g/mol. The Balaban J connectivity index is 1.62. The number of phosphoric ester groups is 1. The van der Waals surface area contributed by atoms with Crippen molar-refractivity contribution in [2.75, 3.05) is 19.9 Å². The van der Waals surface area contributed by atoms with Gasteiger partial charge in [0.1, 0.15) is 5.75 Å². The minimum atomic E-state index is -4.28. The van der Waals surface area contributed by atoms with Gasteiger partial charge in [-0.1, -0.05) is 32.6 Å². The van der Waals surface area contributed by atoms with Crippen LogP contribution in [0.1, 0.15) is 45.4 Å². The lowest BCUT2D eigenvalue weighted by Crippen LogP contribution is -2.26. The molecule has 2 rings (SSSR count). The Kier molecular flexibility index (Phi) is 8.22. The maximum atomic E-state index is 11.9. The Morgan fingerprint density at radius 2 is 2.00 bits per heavy atom. The number of rotatable bonds is 12. The first-order valence-electron chi connectivity index (χ1n) is 8.83. The van der Waals surface area contributed by atoms with E-state index in [0.717, 1.165) is 19.3 Å². The molecule has 8 nitrogen and oxygen atoms in total. The summed E-state index contributed by atoms with van der Waals surface area (Å²) in [5.74, 6) is 1.03. The number of unbranched alkanes of at least 4 members (excludes halogenated alkanes) is 4. The Labute approximate surface area is 153 Å². The van der Waals surface area contributed by atoms with E-state index in [1.165, 1.54) is 25.0 Å². The highest BCUT2D eigenvalue weighted by Crippen LogP contribution is 2.45. The molecule has 1 heterocycles. The Hall–Kier alpha value is -1.76. The molecule has 0 aliphatic carbocycles. The minimum absolute atomic E-state index is 0.0884. The van der Waals surface area contributed by atoms with Crippen LogP contribution >= 0.6 is 7.82 Å². The average Bonchev–Trinajstić information content (AvgIpc) is 3.06. The van der Waals surface area contributed by atoms with Gasteiger partial charge < -0.3 is 19.3 Å². The van der Waals surface area contributed by atoms with Crippen LogP contribution in [0.2, 0.25) is 0 Å². The highest BCUT2D eigenvalue weighted by atomic mass is 31.2. The largest absolute Gasteiger partial charge is 0.527 e. The number of nitrogens with one attached hydrogen (secondary N) is 1. The molecule has 1 atom stereocenters. The van der Waals surface area contributed by atoms with Crippen LogP contribution in [0.4, 0.5) is 0 Å². The van der Waals surface area contributed by atoms with Crippen LogP contribution in [0.25, 0.3) is 0 Å². The van der Waals surface area contributed by atoms with Gasteiger partial charge in [-0.05, 0) is 18.6 Å². The number of carbonyl (C=O) groups is 1. The maximum absolute atomic E-state index is 11.9. The van der Waals surface area contributed by atoms with Crippen LogP contribution in [0.15, 0.2) is 18.2 Å². The van der Waals surface area contributed by atoms with Crippen molar-refractivity contribution < 1.29 is 32.8 Å². The molecule has 1 unspecified atom stereocenters. The van der Waals surface area contributed by atoms with E-state index >= 15 is 0 Å². The molecule has 0 radical (unpaired) electrons. The molecule has 0 fully saturated rings. The summed E-state index contributed by atoms with van der Waals surface area (Å²) in [7, 11) is -4.28. The molecule has 1 amide bonds. The topological polar surface area (TPSA) is 103 Å². The van der Waals surface area contributed by atoms with Gasteiger partial charge in [0.15, 0.2) is 11.5 Å². The molecule has 0 aromatic heterocycles. The summed E-state index contributed by atoms with van der Waals surface area (Å²) in [6.45, 7) is 2.26. The quantitative estimate of drug-likeness (QED) is 0.418. The van der Waals surface area contributed by atoms with Crippen molar-refractivity contribution >= 4 is 13.7 Å². The molecule has 9 heteroatoms. The lowest BCUT2D eigenvalue weighted by Gasteiger charge is -2.13. The Bertz CT molecular complexity index is 638. The molecule has 0 saturated carbocycles. The first-order chi connectivity index (χ1) is 12.5. The molecule has 1 aromatic carbocycles. The molecule has 1 aliphatic rings. The number of fused-ring (bicyclic) bond motifs is 1. The third-order valence-corrected chi connectivity index (χ3v) is 4.70. The second-order valence-electron chi connectivity index (χ2n) is 5.92. The molecular formula is C17H26NO7P. The van der Waals surface area contributed by atoms with Gasteiger partial charge in [-0.15, -0.1) is 0 Å². The van der Waals surface area contributed by atoms with Gasteiger partial charge in [0, 0.05) is 19.0 Å². The second kappa shape index (κ2) is 10.4. The molecule has 0 spiro atoms. The van der Waals surface area contributed by atoms with Crippen LogP contribution in [0, 0.1) is 0 Å². The molecule has 146 valence electrons. The number of carbonyl (C=O) groups excluding carboxylic acids is 1. The fraction of sp³-hybridized carbons (Fsp3) is 0.588.